The lowest BCUT2D eigenvalue weighted by Gasteiger charge is -2.17. The number of hydrogen-bond acceptors (Lipinski definition) is 8. The molecule has 34 heavy (non-hydrogen) atoms. The topological polar surface area (TPSA) is 135 Å². The lowest BCUT2D eigenvalue weighted by atomic mass is 9.92. The standard InChI is InChI=1S/C24H28N4O5S/c1-34(31,32)20-11-8-16(9-12-20)18(15-23(29)30)14-22-27-21(28-33-22)6-2-5-19-10-7-17-4-3-13-25-24(17)26-19/h7-12,18H,2-6,13-15H2,1H3,(H,25,26)(H,29,30). The van der Waals surface area contributed by atoms with Crippen LogP contribution in [0.2, 0.25) is 0 Å². The molecule has 1 unspecified atom stereocenters. The summed E-state index contributed by atoms with van der Waals surface area (Å²) in [5.74, 6) is 0.562. The average Bonchev–Trinajstić information content (AvgIpc) is 3.25. The highest BCUT2D eigenvalue weighted by Gasteiger charge is 2.21. The van der Waals surface area contributed by atoms with E-state index in [9.17, 15) is 18.3 Å². The molecule has 0 amide bonds. The molecule has 180 valence electrons. The number of aliphatic carboxylic acids is 1. The van der Waals surface area contributed by atoms with Gasteiger partial charge in [0.15, 0.2) is 15.7 Å². The van der Waals surface area contributed by atoms with E-state index in [2.05, 4.69) is 27.6 Å². The zero-order valence-corrected chi connectivity index (χ0v) is 19.8. The van der Waals surface area contributed by atoms with Crippen LogP contribution in [0.4, 0.5) is 5.82 Å². The number of benzene rings is 1. The van der Waals surface area contributed by atoms with Crippen LogP contribution in [0.25, 0.3) is 0 Å². The van der Waals surface area contributed by atoms with Gasteiger partial charge in [0.1, 0.15) is 5.82 Å². The van der Waals surface area contributed by atoms with Crippen molar-refractivity contribution < 1.29 is 22.8 Å². The third kappa shape index (κ3) is 6.19. The quantitative estimate of drug-likeness (QED) is 0.444. The number of aromatic nitrogens is 3. The number of pyridine rings is 1. The number of nitrogens with zero attached hydrogens (tertiary/aromatic N) is 3. The number of nitrogens with one attached hydrogen (secondary N) is 1. The number of anilines is 1. The molecule has 10 heteroatoms. The molecule has 0 radical (unpaired) electrons. The van der Waals surface area contributed by atoms with Crippen LogP contribution in [-0.2, 0) is 40.3 Å². The number of carbonyl (C=O) groups is 1. The van der Waals surface area contributed by atoms with E-state index >= 15 is 0 Å². The van der Waals surface area contributed by atoms with Gasteiger partial charge in [0.25, 0.3) is 0 Å². The summed E-state index contributed by atoms with van der Waals surface area (Å²) in [6.45, 7) is 0.958. The molecular weight excluding hydrogens is 456 g/mol. The summed E-state index contributed by atoms with van der Waals surface area (Å²) in [7, 11) is -3.32. The summed E-state index contributed by atoms with van der Waals surface area (Å²) >= 11 is 0. The molecule has 4 rings (SSSR count). The first-order valence-electron chi connectivity index (χ1n) is 11.3. The van der Waals surface area contributed by atoms with Crippen LogP contribution in [0.1, 0.15) is 53.7 Å². The van der Waals surface area contributed by atoms with Gasteiger partial charge in [-0.3, -0.25) is 4.79 Å². The maximum absolute atomic E-state index is 11.7. The minimum Gasteiger partial charge on any atom is -0.481 e. The molecule has 0 spiro atoms. The Balaban J connectivity index is 1.36. The Hall–Kier alpha value is -3.27. The van der Waals surface area contributed by atoms with Crippen molar-refractivity contribution in [1.82, 2.24) is 15.1 Å². The van der Waals surface area contributed by atoms with E-state index in [1.165, 1.54) is 17.7 Å². The lowest BCUT2D eigenvalue weighted by molar-refractivity contribution is -0.137. The third-order valence-electron chi connectivity index (χ3n) is 5.92. The van der Waals surface area contributed by atoms with Crippen LogP contribution in [0.5, 0.6) is 0 Å². The summed E-state index contributed by atoms with van der Waals surface area (Å²) < 4.78 is 28.8. The summed E-state index contributed by atoms with van der Waals surface area (Å²) in [6, 6.07) is 10.5. The van der Waals surface area contributed by atoms with Crippen molar-refractivity contribution in [3.8, 4) is 0 Å². The zero-order chi connectivity index (χ0) is 24.1. The average molecular weight is 485 g/mol. The van der Waals surface area contributed by atoms with E-state index in [1.54, 1.807) is 12.1 Å². The predicted octanol–water partition coefficient (Wildman–Crippen LogP) is 3.20. The Labute approximate surface area is 198 Å². The van der Waals surface area contributed by atoms with Gasteiger partial charge >= 0.3 is 5.97 Å². The fourth-order valence-electron chi connectivity index (χ4n) is 4.13. The van der Waals surface area contributed by atoms with E-state index in [1.807, 2.05) is 0 Å². The minimum absolute atomic E-state index is 0.131. The number of rotatable bonds is 10. The minimum atomic E-state index is -3.32. The normalized spacial score (nSPS) is 14.3. The molecule has 0 aliphatic carbocycles. The molecular formula is C24H28N4O5S. The second-order valence-corrected chi connectivity index (χ2v) is 10.7. The SMILES string of the molecule is CS(=O)(=O)c1ccc(C(CC(=O)O)Cc2nc(CCCc3ccc4c(n3)NCCC4)no2)cc1. The number of hydrogen-bond donors (Lipinski definition) is 2. The Bertz CT molecular complexity index is 1250. The van der Waals surface area contributed by atoms with Crippen molar-refractivity contribution in [2.45, 2.75) is 55.8 Å². The maximum Gasteiger partial charge on any atom is 0.303 e. The molecule has 9 nitrogen and oxygen atoms in total. The summed E-state index contributed by atoms with van der Waals surface area (Å²) in [5, 5.41) is 16.7. The highest BCUT2D eigenvalue weighted by Crippen LogP contribution is 2.26. The molecule has 3 heterocycles. The van der Waals surface area contributed by atoms with E-state index in [4.69, 9.17) is 9.51 Å². The second kappa shape index (κ2) is 10.3. The number of aryl methyl sites for hydroxylation is 3. The molecule has 2 N–H and O–H groups in total. The molecule has 1 aromatic carbocycles. The van der Waals surface area contributed by atoms with Gasteiger partial charge < -0.3 is 14.9 Å². The van der Waals surface area contributed by atoms with Gasteiger partial charge in [0.2, 0.25) is 5.89 Å². The van der Waals surface area contributed by atoms with Gasteiger partial charge in [-0.15, -0.1) is 0 Å². The van der Waals surface area contributed by atoms with E-state index in [-0.39, 0.29) is 17.7 Å². The highest BCUT2D eigenvalue weighted by atomic mass is 32.2. The third-order valence-corrected chi connectivity index (χ3v) is 7.05. The highest BCUT2D eigenvalue weighted by molar-refractivity contribution is 7.90. The molecule has 0 fully saturated rings. The van der Waals surface area contributed by atoms with Crippen molar-refractivity contribution in [1.29, 1.82) is 0 Å². The second-order valence-electron chi connectivity index (χ2n) is 8.64. The van der Waals surface area contributed by atoms with Crippen molar-refractivity contribution in [2.75, 3.05) is 18.1 Å². The van der Waals surface area contributed by atoms with Gasteiger partial charge in [-0.25, -0.2) is 13.4 Å². The molecule has 0 saturated heterocycles. The largest absolute Gasteiger partial charge is 0.481 e. The van der Waals surface area contributed by atoms with Crippen molar-refractivity contribution in [3.63, 3.8) is 0 Å². The van der Waals surface area contributed by atoms with Crippen LogP contribution in [0.15, 0.2) is 45.8 Å². The summed E-state index contributed by atoms with van der Waals surface area (Å²) in [4.78, 5) is 20.7. The van der Waals surface area contributed by atoms with E-state index < -0.39 is 21.7 Å². The lowest BCUT2D eigenvalue weighted by Crippen LogP contribution is -2.14. The molecule has 2 aromatic heterocycles. The van der Waals surface area contributed by atoms with Crippen LogP contribution >= 0.6 is 0 Å². The number of carboxylic acids is 1. The van der Waals surface area contributed by atoms with Crippen molar-refractivity contribution in [2.24, 2.45) is 0 Å². The monoisotopic (exact) mass is 484 g/mol. The fourth-order valence-corrected chi connectivity index (χ4v) is 4.76. The molecule has 1 atom stereocenters. The Morgan fingerprint density at radius 1 is 1.15 bits per heavy atom. The van der Waals surface area contributed by atoms with Gasteiger partial charge in [-0.05, 0) is 55.0 Å². The molecule has 0 bridgehead atoms. The first-order valence-corrected chi connectivity index (χ1v) is 13.2. The summed E-state index contributed by atoms with van der Waals surface area (Å²) in [5.41, 5.74) is 3.00. The zero-order valence-electron chi connectivity index (χ0n) is 19.0. The summed E-state index contributed by atoms with van der Waals surface area (Å²) in [6.07, 6.45) is 5.70. The van der Waals surface area contributed by atoms with Gasteiger partial charge in [-0.2, -0.15) is 4.98 Å². The van der Waals surface area contributed by atoms with E-state index in [0.717, 1.165) is 50.0 Å². The maximum atomic E-state index is 11.7. The molecule has 3 aromatic rings. The van der Waals surface area contributed by atoms with Crippen molar-refractivity contribution >= 4 is 21.6 Å². The predicted molar refractivity (Wildman–Crippen MR) is 126 cm³/mol. The molecule has 1 aliphatic heterocycles. The molecule has 0 saturated carbocycles. The van der Waals surface area contributed by atoms with Crippen LogP contribution in [0.3, 0.4) is 0 Å². The van der Waals surface area contributed by atoms with E-state index in [0.29, 0.717) is 23.7 Å². The fraction of sp³-hybridized carbons (Fsp3) is 0.417. The number of fused-ring (bicyclic) bond motifs is 1. The van der Waals surface area contributed by atoms with Crippen LogP contribution in [-0.4, -0.2) is 47.4 Å². The molecule has 1 aliphatic rings. The van der Waals surface area contributed by atoms with Gasteiger partial charge in [0, 0.05) is 37.3 Å². The van der Waals surface area contributed by atoms with Crippen LogP contribution in [0, 0.1) is 0 Å². The smallest absolute Gasteiger partial charge is 0.303 e. The first-order chi connectivity index (χ1) is 16.3. The van der Waals surface area contributed by atoms with Gasteiger partial charge in [0.05, 0.1) is 11.3 Å². The van der Waals surface area contributed by atoms with Gasteiger partial charge in [-0.1, -0.05) is 23.4 Å². The Morgan fingerprint density at radius 2 is 1.94 bits per heavy atom. The van der Waals surface area contributed by atoms with Crippen LogP contribution < -0.4 is 5.32 Å². The number of carboxylic acid groups (broad SMARTS) is 1. The van der Waals surface area contributed by atoms with Crippen molar-refractivity contribution in [3.05, 3.63) is 64.9 Å². The Morgan fingerprint density at radius 3 is 2.68 bits per heavy atom. The first kappa shape index (κ1) is 23.9. The number of sulfone groups is 1. The Kier molecular flexibility index (Phi) is 7.26.